The van der Waals surface area contributed by atoms with E-state index in [0.717, 1.165) is 0 Å². The lowest BCUT2D eigenvalue weighted by Crippen LogP contribution is -2.32. The molecule has 2 fully saturated rings. The highest BCUT2D eigenvalue weighted by atomic mass is 15.2. The molecule has 2 atom stereocenters. The maximum atomic E-state index is 3.50. The third-order valence-corrected chi connectivity index (χ3v) is 6.74. The van der Waals surface area contributed by atoms with Gasteiger partial charge in [0, 0.05) is 35.7 Å². The number of fused-ring (bicyclic) bond motifs is 2. The van der Waals surface area contributed by atoms with E-state index >= 15 is 0 Å². The summed E-state index contributed by atoms with van der Waals surface area (Å²) >= 11 is 0. The predicted octanol–water partition coefficient (Wildman–Crippen LogP) is 4.06. The van der Waals surface area contributed by atoms with E-state index in [1.165, 1.54) is 80.2 Å². The molecule has 3 aliphatic heterocycles. The van der Waals surface area contributed by atoms with Crippen molar-refractivity contribution in [2.75, 3.05) is 26.7 Å². The number of nitrogens with one attached hydrogen (secondary N) is 1. The summed E-state index contributed by atoms with van der Waals surface area (Å²) in [5.74, 6) is 0. The fraction of sp³-hybridized carbons (Fsp3) is 0.545. The van der Waals surface area contributed by atoms with Gasteiger partial charge in [0.1, 0.15) is 0 Å². The Kier molecular flexibility index (Phi) is 3.94. The van der Waals surface area contributed by atoms with Crippen LogP contribution >= 0.6 is 0 Å². The van der Waals surface area contributed by atoms with Gasteiger partial charge in [0.15, 0.2) is 0 Å². The number of likely N-dealkylation sites (tertiary alicyclic amines) is 1. The first-order valence-electron chi connectivity index (χ1n) is 10.0. The third-order valence-electron chi connectivity index (χ3n) is 6.74. The van der Waals surface area contributed by atoms with Crippen molar-refractivity contribution < 1.29 is 0 Å². The first-order chi connectivity index (χ1) is 12.3. The fourth-order valence-electron chi connectivity index (χ4n) is 5.18. The molecule has 2 saturated heterocycles. The van der Waals surface area contributed by atoms with Crippen LogP contribution in [0.3, 0.4) is 0 Å². The summed E-state index contributed by atoms with van der Waals surface area (Å²) in [6, 6.07) is 8.46. The van der Waals surface area contributed by atoms with Crippen molar-refractivity contribution >= 4 is 16.5 Å². The normalized spacial score (nSPS) is 27.8. The summed E-state index contributed by atoms with van der Waals surface area (Å²) in [6.45, 7) is 3.79. The minimum atomic E-state index is 0.692. The average Bonchev–Trinajstić information content (AvgIpc) is 3.35. The van der Waals surface area contributed by atoms with Crippen molar-refractivity contribution in [2.45, 2.75) is 50.6 Å². The van der Waals surface area contributed by atoms with Crippen LogP contribution in [0.4, 0.5) is 0 Å². The summed E-state index contributed by atoms with van der Waals surface area (Å²) in [5.41, 5.74) is 5.79. The second-order valence-electron chi connectivity index (χ2n) is 8.24. The Hall–Kier alpha value is -1.58. The smallest absolute Gasteiger partial charge is 0.0457 e. The molecule has 0 radical (unpaired) electrons. The molecule has 2 unspecified atom stereocenters. The summed E-state index contributed by atoms with van der Waals surface area (Å²) in [4.78, 5) is 8.68. The number of hydrogen-bond acceptors (Lipinski definition) is 2. The van der Waals surface area contributed by atoms with Crippen molar-refractivity contribution in [2.24, 2.45) is 0 Å². The molecule has 5 rings (SSSR count). The molecular formula is C22H29N3. The summed E-state index contributed by atoms with van der Waals surface area (Å²) in [5, 5.41) is 1.44. The molecule has 1 aromatic carbocycles. The van der Waals surface area contributed by atoms with Gasteiger partial charge in [-0.3, -0.25) is 4.90 Å². The number of aromatic amines is 1. The van der Waals surface area contributed by atoms with Crippen molar-refractivity contribution in [3.63, 3.8) is 0 Å². The molecule has 0 spiro atoms. The lowest BCUT2D eigenvalue weighted by molar-refractivity contribution is 0.288. The third kappa shape index (κ3) is 2.84. The van der Waals surface area contributed by atoms with Crippen LogP contribution in [0.25, 0.3) is 16.5 Å². The number of aromatic nitrogens is 1. The molecule has 0 aliphatic carbocycles. The molecule has 4 heterocycles. The van der Waals surface area contributed by atoms with E-state index in [1.807, 2.05) is 0 Å². The van der Waals surface area contributed by atoms with Gasteiger partial charge in [0.25, 0.3) is 0 Å². The maximum absolute atomic E-state index is 3.50. The molecule has 0 saturated carbocycles. The second-order valence-corrected chi connectivity index (χ2v) is 8.24. The topological polar surface area (TPSA) is 22.3 Å². The number of hydrogen-bond donors (Lipinski definition) is 1. The van der Waals surface area contributed by atoms with Crippen LogP contribution in [0.15, 0.2) is 30.5 Å². The highest BCUT2D eigenvalue weighted by Gasteiger charge is 2.27. The minimum absolute atomic E-state index is 0.692. The van der Waals surface area contributed by atoms with Gasteiger partial charge < -0.3 is 9.88 Å². The van der Waals surface area contributed by atoms with Gasteiger partial charge in [-0.15, -0.1) is 0 Å². The van der Waals surface area contributed by atoms with Crippen molar-refractivity contribution in [1.29, 1.82) is 0 Å². The number of benzene rings is 1. The molecule has 3 heteroatoms. The van der Waals surface area contributed by atoms with Gasteiger partial charge in [-0.05, 0) is 87.5 Å². The average molecular weight is 335 g/mol. The minimum Gasteiger partial charge on any atom is -0.361 e. The molecule has 25 heavy (non-hydrogen) atoms. The number of rotatable bonds is 3. The van der Waals surface area contributed by atoms with E-state index in [2.05, 4.69) is 52.3 Å². The van der Waals surface area contributed by atoms with Crippen LogP contribution in [0.5, 0.6) is 0 Å². The van der Waals surface area contributed by atoms with E-state index in [9.17, 15) is 0 Å². The molecule has 132 valence electrons. The van der Waals surface area contributed by atoms with E-state index in [1.54, 1.807) is 5.57 Å². The molecular weight excluding hydrogens is 306 g/mol. The van der Waals surface area contributed by atoms with Crippen molar-refractivity contribution in [1.82, 2.24) is 14.8 Å². The van der Waals surface area contributed by atoms with E-state index < -0.39 is 0 Å². The van der Waals surface area contributed by atoms with E-state index in [4.69, 9.17) is 0 Å². The fourth-order valence-corrected chi connectivity index (χ4v) is 5.18. The predicted molar refractivity (Wildman–Crippen MR) is 105 cm³/mol. The van der Waals surface area contributed by atoms with Gasteiger partial charge in [0.05, 0.1) is 0 Å². The van der Waals surface area contributed by atoms with E-state index in [0.29, 0.717) is 12.1 Å². The van der Waals surface area contributed by atoms with Crippen LogP contribution < -0.4 is 0 Å². The molecule has 1 aromatic heterocycles. The summed E-state index contributed by atoms with van der Waals surface area (Å²) < 4.78 is 0. The number of likely N-dealkylation sites (N-methyl/N-ethyl adjacent to an activating group) is 1. The number of nitrogens with zero attached hydrogens (tertiary/aromatic N) is 2. The molecule has 0 amide bonds. The highest BCUT2D eigenvalue weighted by Crippen LogP contribution is 2.33. The van der Waals surface area contributed by atoms with E-state index in [-0.39, 0.29) is 0 Å². The van der Waals surface area contributed by atoms with Crippen LogP contribution in [-0.4, -0.2) is 53.5 Å². The zero-order valence-electron chi connectivity index (χ0n) is 15.3. The van der Waals surface area contributed by atoms with Crippen molar-refractivity contribution in [3.8, 4) is 0 Å². The second kappa shape index (κ2) is 6.30. The Labute approximate surface area is 150 Å². The molecule has 1 N–H and O–H groups in total. The van der Waals surface area contributed by atoms with Gasteiger partial charge in [-0.2, -0.15) is 0 Å². The van der Waals surface area contributed by atoms with Gasteiger partial charge >= 0.3 is 0 Å². The lowest BCUT2D eigenvalue weighted by atomic mass is 9.94. The van der Waals surface area contributed by atoms with Crippen LogP contribution in [0.1, 0.15) is 43.2 Å². The zero-order chi connectivity index (χ0) is 16.8. The van der Waals surface area contributed by atoms with Crippen LogP contribution in [0, 0.1) is 0 Å². The Bertz CT molecular complexity index is 803. The summed E-state index contributed by atoms with van der Waals surface area (Å²) in [6.07, 6.45) is 12.6. The Balaban J connectivity index is 1.45. The van der Waals surface area contributed by atoms with Crippen LogP contribution in [-0.2, 0) is 6.42 Å². The monoisotopic (exact) mass is 335 g/mol. The Morgan fingerprint density at radius 3 is 2.92 bits per heavy atom. The Morgan fingerprint density at radius 1 is 1.12 bits per heavy atom. The largest absolute Gasteiger partial charge is 0.361 e. The lowest BCUT2D eigenvalue weighted by Gasteiger charge is -2.28. The molecule has 3 aliphatic rings. The van der Waals surface area contributed by atoms with Gasteiger partial charge in [0.2, 0.25) is 0 Å². The summed E-state index contributed by atoms with van der Waals surface area (Å²) in [7, 11) is 2.28. The molecule has 3 nitrogen and oxygen atoms in total. The zero-order valence-corrected chi connectivity index (χ0v) is 15.3. The first kappa shape index (κ1) is 15.7. The molecule has 0 bridgehead atoms. The first-order valence-corrected chi connectivity index (χ1v) is 10.0. The number of H-pyrrole nitrogens is 1. The SMILES string of the molecule is CN1CCCC1Cc1c[nH]c2ccc(C3=CC4CCCN4CC3)cc12. The van der Waals surface area contributed by atoms with Gasteiger partial charge in [-0.1, -0.05) is 12.1 Å². The standard InChI is InChI=1S/C22H29N3/c1-24-9-2-4-19(24)13-18-15-23-22-7-6-16(14-21(18)22)17-8-11-25-10-3-5-20(25)12-17/h6-7,12,14-15,19-20,23H,2-5,8-11,13H2,1H3. The van der Waals surface area contributed by atoms with Gasteiger partial charge in [-0.25, -0.2) is 0 Å². The van der Waals surface area contributed by atoms with Crippen LogP contribution in [0.2, 0.25) is 0 Å². The maximum Gasteiger partial charge on any atom is 0.0457 e. The van der Waals surface area contributed by atoms with Crippen molar-refractivity contribution in [3.05, 3.63) is 41.6 Å². The quantitative estimate of drug-likeness (QED) is 0.914. The molecule has 2 aromatic rings. The Morgan fingerprint density at radius 2 is 2.04 bits per heavy atom. The highest BCUT2D eigenvalue weighted by molar-refractivity contribution is 5.87.